The van der Waals surface area contributed by atoms with Gasteiger partial charge in [-0.2, -0.15) is 0 Å². The number of carbonyl (C=O) groups is 1. The van der Waals surface area contributed by atoms with Gasteiger partial charge in [0.15, 0.2) is 5.54 Å². The van der Waals surface area contributed by atoms with Gasteiger partial charge < -0.3 is 9.84 Å². The van der Waals surface area contributed by atoms with E-state index < -0.39 is 11.5 Å². The molecular weight excluding hydrogens is 266 g/mol. The molecule has 1 aliphatic rings. The van der Waals surface area contributed by atoms with Crippen molar-refractivity contribution >= 4 is 27.6 Å². The van der Waals surface area contributed by atoms with Crippen LogP contribution in [0, 0.1) is 0 Å². The molecule has 3 rings (SSSR count). The van der Waals surface area contributed by atoms with Crippen LogP contribution >= 0.6 is 11.5 Å². The van der Waals surface area contributed by atoms with Crippen molar-refractivity contribution < 1.29 is 14.6 Å². The predicted octanol–water partition coefficient (Wildman–Crippen LogP) is 1.65. The first kappa shape index (κ1) is 12.4. The van der Waals surface area contributed by atoms with Crippen molar-refractivity contribution in [2.75, 3.05) is 13.2 Å². The van der Waals surface area contributed by atoms with Gasteiger partial charge in [-0.05, 0) is 12.1 Å². The molecule has 1 aromatic heterocycles. The van der Waals surface area contributed by atoms with Crippen molar-refractivity contribution in [3.05, 3.63) is 34.6 Å². The maximum Gasteiger partial charge on any atom is 0.331 e. The monoisotopic (exact) mass is 279 g/mol. The molecule has 1 fully saturated rings. The third-order valence-electron chi connectivity index (χ3n) is 3.60. The number of hydrogen-bond acceptors (Lipinski definition) is 4. The van der Waals surface area contributed by atoms with Crippen LogP contribution < -0.4 is 5.56 Å². The Labute approximate surface area is 113 Å². The molecule has 0 amide bonds. The molecule has 0 atom stereocenters. The largest absolute Gasteiger partial charge is 0.479 e. The highest BCUT2D eigenvalue weighted by Gasteiger charge is 2.44. The van der Waals surface area contributed by atoms with Gasteiger partial charge in [-0.15, -0.1) is 0 Å². The van der Waals surface area contributed by atoms with Crippen LogP contribution in [0.3, 0.4) is 0 Å². The number of fused-ring (bicyclic) bond motifs is 1. The van der Waals surface area contributed by atoms with Crippen LogP contribution in [0.1, 0.15) is 12.8 Å². The lowest BCUT2D eigenvalue weighted by Gasteiger charge is -2.32. The lowest BCUT2D eigenvalue weighted by molar-refractivity contribution is -0.152. The summed E-state index contributed by atoms with van der Waals surface area (Å²) in [5, 5.41) is 10.2. The third-order valence-corrected chi connectivity index (χ3v) is 4.85. The van der Waals surface area contributed by atoms with Gasteiger partial charge in [-0.25, -0.2) is 8.75 Å². The summed E-state index contributed by atoms with van der Waals surface area (Å²) in [6.07, 6.45) is 0.657. The summed E-state index contributed by atoms with van der Waals surface area (Å²) < 4.78 is 7.47. The highest BCUT2D eigenvalue weighted by Crippen LogP contribution is 2.32. The molecule has 0 unspecified atom stereocenters. The number of carboxylic acids is 1. The minimum Gasteiger partial charge on any atom is -0.479 e. The molecule has 19 heavy (non-hydrogen) atoms. The summed E-state index contributed by atoms with van der Waals surface area (Å²) >= 11 is 1.23. The Morgan fingerprint density at radius 2 is 2.00 bits per heavy atom. The van der Waals surface area contributed by atoms with Crippen molar-refractivity contribution in [1.82, 2.24) is 3.96 Å². The third kappa shape index (κ3) is 1.79. The van der Waals surface area contributed by atoms with Crippen LogP contribution in [0.15, 0.2) is 29.1 Å². The molecule has 0 spiro atoms. The van der Waals surface area contributed by atoms with E-state index in [4.69, 9.17) is 4.74 Å². The van der Waals surface area contributed by atoms with Crippen molar-refractivity contribution in [2.45, 2.75) is 18.4 Å². The van der Waals surface area contributed by atoms with Gasteiger partial charge in [0.25, 0.3) is 5.56 Å². The molecule has 5 nitrogen and oxygen atoms in total. The molecule has 1 saturated heterocycles. The molecule has 2 aromatic rings. The first-order chi connectivity index (χ1) is 9.15. The number of aliphatic carboxylic acids is 1. The summed E-state index contributed by atoms with van der Waals surface area (Å²) in [7, 11) is 0. The average Bonchev–Trinajstić information content (AvgIpc) is 2.78. The van der Waals surface area contributed by atoms with Gasteiger partial charge >= 0.3 is 5.97 Å². The lowest BCUT2D eigenvalue weighted by atomic mass is 9.91. The summed E-state index contributed by atoms with van der Waals surface area (Å²) in [5.74, 6) is -0.954. The molecule has 1 N–H and O–H groups in total. The Hall–Kier alpha value is -1.66. The van der Waals surface area contributed by atoms with Gasteiger partial charge in [-0.3, -0.25) is 4.79 Å². The lowest BCUT2D eigenvalue weighted by Crippen LogP contribution is -2.49. The van der Waals surface area contributed by atoms with Crippen LogP contribution in [-0.2, 0) is 15.1 Å². The van der Waals surface area contributed by atoms with Gasteiger partial charge in [0.1, 0.15) is 0 Å². The van der Waals surface area contributed by atoms with Crippen molar-refractivity contribution in [2.24, 2.45) is 0 Å². The van der Waals surface area contributed by atoms with Gasteiger partial charge in [0.05, 0.1) is 10.1 Å². The second kappa shape index (κ2) is 4.47. The fourth-order valence-corrected chi connectivity index (χ4v) is 3.67. The van der Waals surface area contributed by atoms with Crippen LogP contribution in [0.2, 0.25) is 0 Å². The summed E-state index contributed by atoms with van der Waals surface area (Å²) in [6, 6.07) is 7.21. The van der Waals surface area contributed by atoms with E-state index in [2.05, 4.69) is 0 Å². The second-order valence-corrected chi connectivity index (χ2v) is 5.62. The van der Waals surface area contributed by atoms with Gasteiger partial charge in [0, 0.05) is 26.1 Å². The Morgan fingerprint density at radius 1 is 1.32 bits per heavy atom. The van der Waals surface area contributed by atoms with Crippen molar-refractivity contribution in [3.8, 4) is 0 Å². The van der Waals surface area contributed by atoms with E-state index in [1.165, 1.54) is 15.5 Å². The maximum absolute atomic E-state index is 12.4. The van der Waals surface area contributed by atoms with Crippen LogP contribution in [-0.4, -0.2) is 28.2 Å². The zero-order valence-corrected chi connectivity index (χ0v) is 11.0. The van der Waals surface area contributed by atoms with Gasteiger partial charge in [-0.1, -0.05) is 23.7 Å². The summed E-state index contributed by atoms with van der Waals surface area (Å²) in [6.45, 7) is 0.736. The molecule has 1 aliphatic heterocycles. The molecule has 2 heterocycles. The zero-order valence-electron chi connectivity index (χ0n) is 10.2. The molecule has 6 heteroatoms. The zero-order chi connectivity index (χ0) is 13.5. The van der Waals surface area contributed by atoms with Crippen molar-refractivity contribution in [1.29, 1.82) is 0 Å². The van der Waals surface area contributed by atoms with Crippen LogP contribution in [0.4, 0.5) is 0 Å². The minimum atomic E-state index is -1.15. The van der Waals surface area contributed by atoms with Crippen LogP contribution in [0.5, 0.6) is 0 Å². The Balaban J connectivity index is 2.23. The standard InChI is InChI=1S/C13H13NO4S/c15-11-9-3-1-2-4-10(9)19-14(11)13(12(16)17)5-7-18-8-6-13/h1-4H,5-8H2,(H,16,17). The van der Waals surface area contributed by atoms with E-state index in [1.807, 2.05) is 12.1 Å². The second-order valence-electron chi connectivity index (χ2n) is 4.64. The minimum absolute atomic E-state index is 0.218. The molecule has 100 valence electrons. The molecule has 0 bridgehead atoms. The molecule has 0 aliphatic carbocycles. The number of ether oxygens (including phenoxy) is 1. The molecule has 1 aromatic carbocycles. The SMILES string of the molecule is O=C(O)C1(n2sc3ccccc3c2=O)CCOCC1. The van der Waals surface area contributed by atoms with Crippen molar-refractivity contribution in [3.63, 3.8) is 0 Å². The van der Waals surface area contributed by atoms with E-state index >= 15 is 0 Å². The highest BCUT2D eigenvalue weighted by molar-refractivity contribution is 7.14. The summed E-state index contributed by atoms with van der Waals surface area (Å²) in [4.78, 5) is 24.1. The number of hydrogen-bond donors (Lipinski definition) is 1. The fourth-order valence-electron chi connectivity index (χ4n) is 2.47. The number of benzene rings is 1. The normalized spacial score (nSPS) is 18.5. The first-order valence-corrected chi connectivity index (χ1v) is 6.85. The van der Waals surface area contributed by atoms with E-state index in [0.29, 0.717) is 31.4 Å². The first-order valence-electron chi connectivity index (χ1n) is 6.08. The number of rotatable bonds is 2. The summed E-state index contributed by atoms with van der Waals surface area (Å²) in [5.41, 5.74) is -1.37. The Morgan fingerprint density at radius 3 is 2.63 bits per heavy atom. The van der Waals surface area contributed by atoms with E-state index in [-0.39, 0.29) is 5.56 Å². The number of aromatic nitrogens is 1. The van der Waals surface area contributed by atoms with Gasteiger partial charge in [0.2, 0.25) is 0 Å². The Bertz CT molecular complexity index is 681. The number of carboxylic acid groups (broad SMARTS) is 1. The quantitative estimate of drug-likeness (QED) is 0.907. The smallest absolute Gasteiger partial charge is 0.331 e. The topological polar surface area (TPSA) is 68.5 Å². The maximum atomic E-state index is 12.4. The van der Waals surface area contributed by atoms with E-state index in [1.54, 1.807) is 12.1 Å². The highest BCUT2D eigenvalue weighted by atomic mass is 32.1. The molecule has 0 radical (unpaired) electrons. The molecular formula is C13H13NO4S. The predicted molar refractivity (Wildman–Crippen MR) is 71.7 cm³/mol. The van der Waals surface area contributed by atoms with E-state index in [9.17, 15) is 14.7 Å². The average molecular weight is 279 g/mol. The van der Waals surface area contributed by atoms with E-state index in [0.717, 1.165) is 4.70 Å². The fraction of sp³-hybridized carbons (Fsp3) is 0.385. The number of nitrogens with zero attached hydrogens (tertiary/aromatic N) is 1. The van der Waals surface area contributed by atoms with Crippen LogP contribution in [0.25, 0.3) is 10.1 Å². The Kier molecular flexibility index (Phi) is 2.91. The molecule has 0 saturated carbocycles.